The molecule has 0 radical (unpaired) electrons. The summed E-state index contributed by atoms with van der Waals surface area (Å²) in [4.78, 5) is 4.17. The predicted molar refractivity (Wildman–Crippen MR) is 82.1 cm³/mol. The van der Waals surface area contributed by atoms with Gasteiger partial charge in [0.05, 0.1) is 24.7 Å². The molecule has 0 spiro atoms. The van der Waals surface area contributed by atoms with Gasteiger partial charge in [0.1, 0.15) is 0 Å². The number of pyridine rings is 1. The number of aromatic nitrogens is 3. The van der Waals surface area contributed by atoms with E-state index in [1.807, 2.05) is 36.5 Å². The molecule has 0 unspecified atom stereocenters. The number of benzene rings is 1. The Bertz CT molecular complexity index is 709. The van der Waals surface area contributed by atoms with Crippen LogP contribution in [0.2, 0.25) is 0 Å². The fraction of sp³-hybridized carbons (Fsp3) is 0.125. The van der Waals surface area contributed by atoms with Gasteiger partial charge in [-0.3, -0.25) is 5.10 Å². The van der Waals surface area contributed by atoms with Crippen LogP contribution in [0.3, 0.4) is 0 Å². The molecule has 0 aliphatic carbocycles. The molecule has 0 atom stereocenters. The van der Waals surface area contributed by atoms with Crippen molar-refractivity contribution >= 4 is 5.69 Å². The van der Waals surface area contributed by atoms with Crippen molar-refractivity contribution in [1.82, 2.24) is 15.2 Å². The molecular formula is C16H16N4O. The third-order valence-electron chi connectivity index (χ3n) is 3.21. The van der Waals surface area contributed by atoms with Gasteiger partial charge in [-0.25, -0.2) is 4.98 Å². The molecule has 0 aliphatic heterocycles. The second-order valence-electron chi connectivity index (χ2n) is 4.55. The quantitative estimate of drug-likeness (QED) is 0.754. The van der Waals surface area contributed by atoms with Gasteiger partial charge < -0.3 is 10.1 Å². The number of anilines is 1. The summed E-state index contributed by atoms with van der Waals surface area (Å²) in [5, 5.41) is 10.5. The smallest absolute Gasteiger partial charge is 0.237 e. The van der Waals surface area contributed by atoms with Crippen molar-refractivity contribution in [3.05, 3.63) is 60.4 Å². The first kappa shape index (κ1) is 13.2. The van der Waals surface area contributed by atoms with Crippen molar-refractivity contribution in [3.63, 3.8) is 0 Å². The van der Waals surface area contributed by atoms with Gasteiger partial charge >= 0.3 is 0 Å². The molecule has 21 heavy (non-hydrogen) atoms. The number of nitrogens with zero attached hydrogens (tertiary/aromatic N) is 2. The van der Waals surface area contributed by atoms with Crippen LogP contribution in [-0.2, 0) is 6.54 Å². The minimum atomic E-state index is 0.585. The van der Waals surface area contributed by atoms with E-state index in [1.165, 1.54) is 0 Å². The second-order valence-corrected chi connectivity index (χ2v) is 4.55. The highest BCUT2D eigenvalue weighted by Crippen LogP contribution is 2.24. The molecule has 5 heteroatoms. The van der Waals surface area contributed by atoms with Gasteiger partial charge in [-0.1, -0.05) is 30.3 Å². The molecular weight excluding hydrogens is 264 g/mol. The highest BCUT2D eigenvalue weighted by Gasteiger charge is 2.08. The van der Waals surface area contributed by atoms with Gasteiger partial charge in [0.2, 0.25) is 5.88 Å². The van der Waals surface area contributed by atoms with Crippen LogP contribution in [0.25, 0.3) is 11.3 Å². The van der Waals surface area contributed by atoms with Gasteiger partial charge in [0.25, 0.3) is 0 Å². The summed E-state index contributed by atoms with van der Waals surface area (Å²) in [5.74, 6) is 0.585. The summed E-state index contributed by atoms with van der Waals surface area (Å²) in [6.45, 7) is 0.642. The third-order valence-corrected chi connectivity index (χ3v) is 3.21. The maximum Gasteiger partial charge on any atom is 0.237 e. The van der Waals surface area contributed by atoms with E-state index >= 15 is 0 Å². The lowest BCUT2D eigenvalue weighted by molar-refractivity contribution is 0.399. The molecule has 106 valence electrons. The second kappa shape index (κ2) is 6.09. The minimum Gasteiger partial charge on any atom is -0.480 e. The Balaban J connectivity index is 1.79. The van der Waals surface area contributed by atoms with Crippen LogP contribution in [-0.4, -0.2) is 22.3 Å². The average molecular weight is 280 g/mol. The zero-order valence-electron chi connectivity index (χ0n) is 11.7. The van der Waals surface area contributed by atoms with E-state index < -0.39 is 0 Å². The van der Waals surface area contributed by atoms with Crippen LogP contribution >= 0.6 is 0 Å². The Kier molecular flexibility index (Phi) is 3.82. The monoisotopic (exact) mass is 280 g/mol. The number of hydrogen-bond acceptors (Lipinski definition) is 4. The zero-order chi connectivity index (χ0) is 14.5. The maximum absolute atomic E-state index is 5.23. The topological polar surface area (TPSA) is 62.8 Å². The van der Waals surface area contributed by atoms with E-state index in [1.54, 1.807) is 13.3 Å². The fourth-order valence-corrected chi connectivity index (χ4v) is 2.18. The molecule has 0 bridgehead atoms. The molecule has 0 saturated heterocycles. The van der Waals surface area contributed by atoms with Crippen molar-refractivity contribution in [2.75, 3.05) is 12.4 Å². The lowest BCUT2D eigenvalue weighted by Crippen LogP contribution is -2.02. The van der Waals surface area contributed by atoms with Crippen LogP contribution in [0.5, 0.6) is 5.88 Å². The number of H-pyrrole nitrogens is 1. The lowest BCUT2D eigenvalue weighted by Gasteiger charge is -2.10. The number of rotatable bonds is 5. The van der Waals surface area contributed by atoms with Crippen molar-refractivity contribution < 1.29 is 4.74 Å². The van der Waals surface area contributed by atoms with Crippen LogP contribution in [0.15, 0.2) is 54.9 Å². The summed E-state index contributed by atoms with van der Waals surface area (Å²) >= 11 is 0. The van der Waals surface area contributed by atoms with Crippen LogP contribution < -0.4 is 10.1 Å². The number of aromatic amines is 1. The van der Waals surface area contributed by atoms with Gasteiger partial charge in [-0.2, -0.15) is 5.10 Å². The van der Waals surface area contributed by atoms with E-state index in [0.717, 1.165) is 22.5 Å². The number of ether oxygens (including phenoxy) is 1. The Labute approximate surface area is 123 Å². The Morgan fingerprint density at radius 3 is 2.81 bits per heavy atom. The standard InChI is InChI=1S/C16H16N4O/c1-21-16-14(8-5-9-17-16)18-10-13-11-19-20-15(13)12-6-3-2-4-7-12/h2-9,11,18H,10H2,1H3,(H,19,20). The highest BCUT2D eigenvalue weighted by molar-refractivity contribution is 5.63. The highest BCUT2D eigenvalue weighted by atomic mass is 16.5. The molecule has 2 heterocycles. The molecule has 0 fully saturated rings. The molecule has 5 nitrogen and oxygen atoms in total. The van der Waals surface area contributed by atoms with Gasteiger partial charge in [0.15, 0.2) is 0 Å². The number of methoxy groups -OCH3 is 1. The normalized spacial score (nSPS) is 10.3. The minimum absolute atomic E-state index is 0.585. The Morgan fingerprint density at radius 2 is 2.00 bits per heavy atom. The van der Waals surface area contributed by atoms with E-state index in [-0.39, 0.29) is 0 Å². The summed E-state index contributed by atoms with van der Waals surface area (Å²) in [5.41, 5.74) is 4.09. The van der Waals surface area contributed by atoms with E-state index in [9.17, 15) is 0 Å². The summed E-state index contributed by atoms with van der Waals surface area (Å²) in [6, 6.07) is 13.9. The van der Waals surface area contributed by atoms with Crippen molar-refractivity contribution in [2.45, 2.75) is 6.54 Å². The molecule has 3 aromatic rings. The maximum atomic E-state index is 5.23. The molecule has 2 aromatic heterocycles. The summed E-state index contributed by atoms with van der Waals surface area (Å²) in [7, 11) is 1.61. The predicted octanol–water partition coefficient (Wildman–Crippen LogP) is 3.09. The average Bonchev–Trinajstić information content (AvgIpc) is 3.02. The van der Waals surface area contributed by atoms with E-state index in [4.69, 9.17) is 4.74 Å². The third kappa shape index (κ3) is 2.86. The largest absolute Gasteiger partial charge is 0.480 e. The van der Waals surface area contributed by atoms with Gasteiger partial charge in [-0.05, 0) is 17.7 Å². The van der Waals surface area contributed by atoms with Gasteiger partial charge in [-0.15, -0.1) is 0 Å². The Morgan fingerprint density at radius 1 is 1.14 bits per heavy atom. The molecule has 3 rings (SSSR count). The molecule has 0 saturated carbocycles. The van der Waals surface area contributed by atoms with Crippen molar-refractivity contribution in [2.24, 2.45) is 0 Å². The van der Waals surface area contributed by atoms with E-state index in [2.05, 4.69) is 32.6 Å². The van der Waals surface area contributed by atoms with Crippen LogP contribution in [0.1, 0.15) is 5.56 Å². The SMILES string of the molecule is COc1ncccc1NCc1cn[nH]c1-c1ccccc1. The van der Waals surface area contributed by atoms with E-state index in [0.29, 0.717) is 12.4 Å². The number of hydrogen-bond donors (Lipinski definition) is 2. The van der Waals surface area contributed by atoms with Crippen LogP contribution in [0.4, 0.5) is 5.69 Å². The summed E-state index contributed by atoms with van der Waals surface area (Å²) < 4.78 is 5.23. The fourth-order valence-electron chi connectivity index (χ4n) is 2.18. The first-order valence-corrected chi connectivity index (χ1v) is 6.69. The Hall–Kier alpha value is -2.82. The molecule has 0 amide bonds. The first-order valence-electron chi connectivity index (χ1n) is 6.69. The number of nitrogens with one attached hydrogen (secondary N) is 2. The molecule has 0 aliphatic rings. The van der Waals surface area contributed by atoms with Crippen molar-refractivity contribution in [1.29, 1.82) is 0 Å². The molecule has 2 N–H and O–H groups in total. The lowest BCUT2D eigenvalue weighted by atomic mass is 10.1. The van der Waals surface area contributed by atoms with Gasteiger partial charge in [0, 0.05) is 18.3 Å². The van der Waals surface area contributed by atoms with Crippen molar-refractivity contribution in [3.8, 4) is 17.1 Å². The zero-order valence-corrected chi connectivity index (χ0v) is 11.7. The first-order chi connectivity index (χ1) is 10.4. The summed E-state index contributed by atoms with van der Waals surface area (Å²) in [6.07, 6.45) is 3.54. The molecule has 1 aromatic carbocycles. The van der Waals surface area contributed by atoms with Crippen LogP contribution in [0, 0.1) is 0 Å².